The zero-order valence-corrected chi connectivity index (χ0v) is 16.9. The Kier molecular flexibility index (Phi) is 4.94. The van der Waals surface area contributed by atoms with E-state index in [9.17, 15) is 9.18 Å². The van der Waals surface area contributed by atoms with Crippen molar-refractivity contribution in [3.8, 4) is 11.4 Å². The molecule has 150 valence electrons. The molecule has 1 amide bonds. The number of likely N-dealkylation sites (tertiary alicyclic amines) is 1. The van der Waals surface area contributed by atoms with Crippen LogP contribution in [0.2, 0.25) is 0 Å². The van der Waals surface area contributed by atoms with Gasteiger partial charge in [0.1, 0.15) is 11.9 Å². The predicted molar refractivity (Wildman–Crippen MR) is 107 cm³/mol. The Morgan fingerprint density at radius 1 is 1.10 bits per heavy atom. The first-order chi connectivity index (χ1) is 13.8. The highest BCUT2D eigenvalue weighted by Gasteiger charge is 2.36. The summed E-state index contributed by atoms with van der Waals surface area (Å²) in [6.07, 6.45) is 1.10. The van der Waals surface area contributed by atoms with E-state index in [1.165, 1.54) is 17.7 Å². The quantitative estimate of drug-likeness (QED) is 0.623. The van der Waals surface area contributed by atoms with Crippen LogP contribution in [0.1, 0.15) is 56.7 Å². The van der Waals surface area contributed by atoms with E-state index in [4.69, 9.17) is 4.52 Å². The lowest BCUT2D eigenvalue weighted by atomic mass is 9.87. The number of halogens is 1. The molecule has 1 unspecified atom stereocenters. The Labute approximate surface area is 169 Å². The van der Waals surface area contributed by atoms with E-state index in [-0.39, 0.29) is 23.2 Å². The molecule has 0 radical (unpaired) electrons. The summed E-state index contributed by atoms with van der Waals surface area (Å²) < 4.78 is 18.6. The van der Waals surface area contributed by atoms with Crippen LogP contribution >= 0.6 is 0 Å². The van der Waals surface area contributed by atoms with Crippen molar-refractivity contribution in [3.63, 3.8) is 0 Å². The van der Waals surface area contributed by atoms with Crippen molar-refractivity contribution < 1.29 is 13.7 Å². The Morgan fingerprint density at radius 2 is 1.79 bits per heavy atom. The van der Waals surface area contributed by atoms with Crippen LogP contribution in [0.3, 0.4) is 0 Å². The van der Waals surface area contributed by atoms with Crippen molar-refractivity contribution in [1.29, 1.82) is 0 Å². The highest BCUT2D eigenvalue weighted by molar-refractivity contribution is 5.78. The first-order valence-electron chi connectivity index (χ1n) is 9.80. The minimum Gasteiger partial charge on any atom is -0.337 e. The zero-order chi connectivity index (χ0) is 20.6. The highest BCUT2D eigenvalue weighted by Crippen LogP contribution is 2.34. The maximum atomic E-state index is 13.1. The number of nitrogens with zero attached hydrogens (tertiary/aromatic N) is 3. The number of carbonyl (C=O) groups is 1. The van der Waals surface area contributed by atoms with Gasteiger partial charge < -0.3 is 9.42 Å². The summed E-state index contributed by atoms with van der Waals surface area (Å²) in [4.78, 5) is 18.8. The molecule has 1 atom stereocenters. The van der Waals surface area contributed by atoms with Gasteiger partial charge in [-0.3, -0.25) is 4.79 Å². The van der Waals surface area contributed by atoms with Crippen molar-refractivity contribution >= 4 is 5.91 Å². The number of amides is 1. The van der Waals surface area contributed by atoms with Gasteiger partial charge in [-0.2, -0.15) is 4.98 Å². The van der Waals surface area contributed by atoms with E-state index >= 15 is 0 Å². The van der Waals surface area contributed by atoms with Crippen molar-refractivity contribution in [2.75, 3.05) is 0 Å². The van der Waals surface area contributed by atoms with Gasteiger partial charge in [-0.05, 0) is 47.2 Å². The Balaban J connectivity index is 1.53. The molecular formula is C23H24FN3O2. The SMILES string of the molecule is CC(C)(C)c1ccc(CN2C(=O)CCC2c2nc(-c3ccc(F)cc3)no2)cc1. The van der Waals surface area contributed by atoms with Gasteiger partial charge in [0.15, 0.2) is 0 Å². The molecule has 1 aliphatic heterocycles. The molecule has 2 aromatic carbocycles. The van der Waals surface area contributed by atoms with E-state index in [0.717, 1.165) is 5.56 Å². The Bertz CT molecular complexity index is 1000. The number of benzene rings is 2. The average Bonchev–Trinajstić information content (AvgIpc) is 3.30. The molecule has 6 heteroatoms. The minimum atomic E-state index is -0.317. The van der Waals surface area contributed by atoms with Crippen molar-refractivity contribution in [2.45, 2.75) is 51.6 Å². The van der Waals surface area contributed by atoms with Gasteiger partial charge in [0, 0.05) is 18.5 Å². The molecule has 29 heavy (non-hydrogen) atoms. The third kappa shape index (κ3) is 4.06. The lowest BCUT2D eigenvalue weighted by molar-refractivity contribution is -0.129. The fourth-order valence-corrected chi connectivity index (χ4v) is 3.58. The van der Waals surface area contributed by atoms with Crippen LogP contribution in [0.25, 0.3) is 11.4 Å². The molecule has 1 saturated heterocycles. The summed E-state index contributed by atoms with van der Waals surface area (Å²) >= 11 is 0. The maximum Gasteiger partial charge on any atom is 0.249 e. The second-order valence-electron chi connectivity index (χ2n) is 8.49. The molecule has 1 aromatic heterocycles. The summed E-state index contributed by atoms with van der Waals surface area (Å²) in [7, 11) is 0. The average molecular weight is 393 g/mol. The van der Waals surface area contributed by atoms with Gasteiger partial charge in [-0.25, -0.2) is 4.39 Å². The zero-order valence-electron chi connectivity index (χ0n) is 16.9. The van der Waals surface area contributed by atoms with Crippen LogP contribution in [-0.2, 0) is 16.8 Å². The number of aromatic nitrogens is 2. The number of hydrogen-bond donors (Lipinski definition) is 0. The van der Waals surface area contributed by atoms with Gasteiger partial charge >= 0.3 is 0 Å². The van der Waals surface area contributed by atoms with E-state index < -0.39 is 0 Å². The predicted octanol–water partition coefficient (Wildman–Crippen LogP) is 5.04. The van der Waals surface area contributed by atoms with Gasteiger partial charge in [-0.15, -0.1) is 0 Å². The number of carbonyl (C=O) groups excluding carboxylic acids is 1. The minimum absolute atomic E-state index is 0.0800. The maximum absolute atomic E-state index is 13.1. The van der Waals surface area contributed by atoms with Crippen molar-refractivity contribution in [1.82, 2.24) is 15.0 Å². The summed E-state index contributed by atoms with van der Waals surface area (Å²) in [6, 6.07) is 14.1. The third-order valence-electron chi connectivity index (χ3n) is 5.33. The van der Waals surface area contributed by atoms with E-state index in [1.807, 2.05) is 0 Å². The van der Waals surface area contributed by atoms with Crippen LogP contribution in [0.4, 0.5) is 4.39 Å². The molecule has 5 nitrogen and oxygen atoms in total. The first-order valence-corrected chi connectivity index (χ1v) is 9.80. The molecule has 4 rings (SSSR count). The second-order valence-corrected chi connectivity index (χ2v) is 8.49. The Morgan fingerprint density at radius 3 is 2.45 bits per heavy atom. The molecule has 3 aromatic rings. The molecule has 2 heterocycles. The van der Waals surface area contributed by atoms with E-state index in [0.29, 0.717) is 36.7 Å². The molecule has 0 saturated carbocycles. The van der Waals surface area contributed by atoms with Crippen LogP contribution in [0.15, 0.2) is 53.1 Å². The van der Waals surface area contributed by atoms with Crippen LogP contribution in [0.5, 0.6) is 0 Å². The van der Waals surface area contributed by atoms with Crippen LogP contribution < -0.4 is 0 Å². The monoisotopic (exact) mass is 393 g/mol. The third-order valence-corrected chi connectivity index (χ3v) is 5.33. The van der Waals surface area contributed by atoms with Crippen LogP contribution in [-0.4, -0.2) is 20.9 Å². The Hall–Kier alpha value is -3.02. The lowest BCUT2D eigenvalue weighted by Crippen LogP contribution is -2.27. The molecule has 0 N–H and O–H groups in total. The molecule has 0 spiro atoms. The summed E-state index contributed by atoms with van der Waals surface area (Å²) in [6.45, 7) is 7.03. The van der Waals surface area contributed by atoms with Crippen LogP contribution in [0, 0.1) is 5.82 Å². The molecule has 1 aliphatic rings. The van der Waals surface area contributed by atoms with Gasteiger partial charge in [0.25, 0.3) is 0 Å². The van der Waals surface area contributed by atoms with Crippen molar-refractivity contribution in [2.24, 2.45) is 0 Å². The van der Waals surface area contributed by atoms with Gasteiger partial charge in [-0.1, -0.05) is 50.2 Å². The largest absolute Gasteiger partial charge is 0.337 e. The van der Waals surface area contributed by atoms with E-state index in [1.54, 1.807) is 17.0 Å². The second kappa shape index (κ2) is 7.43. The lowest BCUT2D eigenvalue weighted by Gasteiger charge is -2.23. The fraction of sp³-hybridized carbons (Fsp3) is 0.348. The first kappa shape index (κ1) is 19.3. The smallest absolute Gasteiger partial charge is 0.249 e. The molecule has 0 aliphatic carbocycles. The van der Waals surface area contributed by atoms with E-state index in [2.05, 4.69) is 55.2 Å². The fourth-order valence-electron chi connectivity index (χ4n) is 3.58. The van der Waals surface area contributed by atoms with Crippen molar-refractivity contribution in [3.05, 3.63) is 71.4 Å². The number of hydrogen-bond acceptors (Lipinski definition) is 4. The van der Waals surface area contributed by atoms with Gasteiger partial charge in [0.2, 0.25) is 17.6 Å². The standard InChI is InChI=1S/C23H24FN3O2/c1-23(2,3)17-8-4-15(5-9-17)14-27-19(12-13-20(27)28)22-25-21(26-29-22)16-6-10-18(24)11-7-16/h4-11,19H,12-14H2,1-3H3. The summed E-state index contributed by atoms with van der Waals surface area (Å²) in [5.41, 5.74) is 3.09. The topological polar surface area (TPSA) is 59.2 Å². The molecule has 1 fully saturated rings. The molecular weight excluding hydrogens is 369 g/mol. The van der Waals surface area contributed by atoms with Gasteiger partial charge in [0.05, 0.1) is 0 Å². The summed E-state index contributed by atoms with van der Waals surface area (Å²) in [5.74, 6) is 0.578. The molecule has 0 bridgehead atoms. The number of rotatable bonds is 4. The summed E-state index contributed by atoms with van der Waals surface area (Å²) in [5, 5.41) is 4.02. The normalized spacial score (nSPS) is 17.2. The highest BCUT2D eigenvalue weighted by atomic mass is 19.1.